The summed E-state index contributed by atoms with van der Waals surface area (Å²) in [7, 11) is -5.57. The molecule has 1 N–H and O–H groups in total. The third kappa shape index (κ3) is 10.1. The van der Waals surface area contributed by atoms with Crippen LogP contribution in [0.1, 0.15) is 22.8 Å². The van der Waals surface area contributed by atoms with E-state index in [9.17, 15) is 23.8 Å². The van der Waals surface area contributed by atoms with Crippen molar-refractivity contribution in [3.8, 4) is 5.75 Å². The molecule has 0 saturated carbocycles. The molecule has 0 aliphatic carbocycles. The van der Waals surface area contributed by atoms with E-state index in [-0.39, 0.29) is 66.3 Å². The molecule has 0 unspecified atom stereocenters. The molecule has 0 aliphatic heterocycles. The Bertz CT molecular complexity index is 3030. The Morgan fingerprint density at radius 2 is 0.922 bits per heavy atom. The molecule has 0 fully saturated rings. The Labute approximate surface area is 414 Å². The van der Waals surface area contributed by atoms with Gasteiger partial charge in [0, 0.05) is 92.2 Å². The fourth-order valence-corrected chi connectivity index (χ4v) is 12.7. The number of carbonyl (C=O) groups is 1. The fraction of sp³-hybridized carbons (Fsp3) is 0.0182. The predicted octanol–water partition coefficient (Wildman–Crippen LogP) is 11.3. The summed E-state index contributed by atoms with van der Waals surface area (Å²) in [5.41, 5.74) is -0.588. The summed E-state index contributed by atoms with van der Waals surface area (Å²) in [6.45, 7) is 5.71. The molecule has 9 aromatic rings. The summed E-state index contributed by atoms with van der Waals surface area (Å²) in [5, 5.41) is 17.6. The molecule has 317 valence electrons. The van der Waals surface area contributed by atoms with Crippen molar-refractivity contribution in [3.63, 3.8) is 0 Å². The molecule has 1 radical (unpaired) electrons. The standard InChI is InChI=1S/C20H12O4.C18H15OP.C17H17OP.Eu/c21-17(13-7-2-1-3-8-13)16-18(22)15-11-10-12-6-4-5-9-14(12)19(15)24-20(16)23;19-20(16-10-4-1-5-11-16,17-12-6-2-7-13-17)18-14-8-3-9-15-18;1-3-15(4-2)19(18,16-11-7-5-8-12-16)17-13-9-6-10-14-17;/h1-11,22H;1-15H;3-14H,1H2,2H3;/b;;15-4+;. The van der Waals surface area contributed by atoms with Gasteiger partial charge >= 0.3 is 5.63 Å². The van der Waals surface area contributed by atoms with E-state index in [4.69, 9.17) is 4.42 Å². The van der Waals surface area contributed by atoms with Crippen molar-refractivity contribution < 1.29 is 72.8 Å². The van der Waals surface area contributed by atoms with Crippen LogP contribution < -0.4 is 32.1 Å². The van der Waals surface area contributed by atoms with Crippen molar-refractivity contribution in [2.75, 3.05) is 0 Å². The number of ketones is 1. The van der Waals surface area contributed by atoms with Crippen LogP contribution in [-0.4, -0.2) is 10.9 Å². The van der Waals surface area contributed by atoms with Crippen LogP contribution in [-0.2, 0) is 9.13 Å². The van der Waals surface area contributed by atoms with Crippen LogP contribution in [0.25, 0.3) is 21.7 Å². The number of rotatable bonds is 9. The minimum Gasteiger partial charge on any atom is -0.506 e. The van der Waals surface area contributed by atoms with Gasteiger partial charge in [0.05, 0.1) is 5.39 Å². The molecular weight excluding hydrogens is 971 g/mol. The molecule has 0 bridgehead atoms. The number of hydrogen-bond acceptors (Lipinski definition) is 6. The van der Waals surface area contributed by atoms with E-state index in [1.807, 2.05) is 189 Å². The normalized spacial score (nSPS) is 11.2. The van der Waals surface area contributed by atoms with Gasteiger partial charge in [-0.3, -0.25) is 4.79 Å². The average Bonchev–Trinajstić information content (AvgIpc) is 3.36. The van der Waals surface area contributed by atoms with Gasteiger partial charge < -0.3 is 18.7 Å². The summed E-state index contributed by atoms with van der Waals surface area (Å²) < 4.78 is 32.9. The molecule has 0 aliphatic rings. The maximum Gasteiger partial charge on any atom is 0.351 e. The summed E-state index contributed by atoms with van der Waals surface area (Å²) in [6.07, 6.45) is 3.58. The van der Waals surface area contributed by atoms with E-state index in [2.05, 4.69) is 6.58 Å². The first-order valence-electron chi connectivity index (χ1n) is 20.3. The number of fused-ring (bicyclic) bond motifs is 3. The van der Waals surface area contributed by atoms with Gasteiger partial charge in [0.15, 0.2) is 19.8 Å². The molecule has 6 nitrogen and oxygen atoms in total. The van der Waals surface area contributed by atoms with Gasteiger partial charge in [-0.05, 0) is 18.4 Å². The Balaban J connectivity index is 0.000000160. The topological polar surface area (TPSA) is 102 Å². The second kappa shape index (κ2) is 22.2. The first-order chi connectivity index (χ1) is 30.7. The maximum atomic E-state index is 13.8. The second-order valence-electron chi connectivity index (χ2n) is 14.3. The van der Waals surface area contributed by atoms with E-state index in [1.54, 1.807) is 48.5 Å². The van der Waals surface area contributed by atoms with Crippen LogP contribution >= 0.6 is 14.3 Å². The monoisotopic (exact) mass is 1020 g/mol. The van der Waals surface area contributed by atoms with E-state index in [0.29, 0.717) is 16.3 Å². The predicted molar refractivity (Wildman–Crippen MR) is 261 cm³/mol. The number of allylic oxidation sites excluding steroid dienone is 3. The van der Waals surface area contributed by atoms with Crippen LogP contribution in [0.2, 0.25) is 0 Å². The largest absolute Gasteiger partial charge is 0.506 e. The Morgan fingerprint density at radius 1 is 0.531 bits per heavy atom. The van der Waals surface area contributed by atoms with Crippen LogP contribution in [0.5, 0.6) is 5.75 Å². The van der Waals surface area contributed by atoms with Crippen molar-refractivity contribution in [1.29, 1.82) is 0 Å². The molecule has 9 rings (SSSR count). The number of carbonyl (C=O) groups excluding carboxylic acids is 1. The summed E-state index contributed by atoms with van der Waals surface area (Å²) >= 11 is 0. The summed E-state index contributed by atoms with van der Waals surface area (Å²) in [6, 6.07) is 67.5. The van der Waals surface area contributed by atoms with E-state index in [0.717, 1.165) is 37.2 Å². The molecule has 1 aromatic heterocycles. The minimum absolute atomic E-state index is 0. The van der Waals surface area contributed by atoms with Gasteiger partial charge in [0.1, 0.15) is 11.3 Å². The Kier molecular flexibility index (Phi) is 16.6. The smallest absolute Gasteiger partial charge is 0.351 e. The number of aromatic hydroxyl groups is 1. The zero-order valence-corrected chi connectivity index (χ0v) is 39.1. The van der Waals surface area contributed by atoms with Gasteiger partial charge in [-0.1, -0.05) is 231 Å². The fourth-order valence-electron chi connectivity index (χ4n) is 7.36. The number of hydrogen-bond donors (Lipinski definition) is 1. The molecule has 8 aromatic carbocycles. The van der Waals surface area contributed by atoms with Crippen LogP contribution in [0.4, 0.5) is 0 Å². The first-order valence-corrected chi connectivity index (χ1v) is 23.7. The van der Waals surface area contributed by atoms with Crippen LogP contribution in [0.15, 0.2) is 252 Å². The summed E-state index contributed by atoms with van der Waals surface area (Å²) in [5.74, 6) is -0.905. The average molecular weight is 1010 g/mol. The van der Waals surface area contributed by atoms with Crippen molar-refractivity contribution in [3.05, 3.63) is 264 Å². The molecule has 0 amide bonds. The van der Waals surface area contributed by atoms with Crippen molar-refractivity contribution in [1.82, 2.24) is 0 Å². The van der Waals surface area contributed by atoms with E-state index < -0.39 is 25.7 Å². The van der Waals surface area contributed by atoms with Crippen molar-refractivity contribution in [2.45, 2.75) is 6.92 Å². The SMILES string of the molecule is C=C/C(=C\C)P(=O)(c1ccccc1)c1ccccc1.O=C(c1ccccc1)c1c(O)c2ccc3ccccc3c2oc1=O.O=P(c1ccccc1)(c1ccccc1)c1ccccc1.[Eu]. The Hall–Kier alpha value is -5.78. The van der Waals surface area contributed by atoms with Crippen LogP contribution in [0, 0.1) is 49.4 Å². The summed E-state index contributed by atoms with van der Waals surface area (Å²) in [4.78, 5) is 24.9. The van der Waals surface area contributed by atoms with Gasteiger partial charge in [-0.25, -0.2) is 4.79 Å². The van der Waals surface area contributed by atoms with Gasteiger partial charge in [-0.2, -0.15) is 0 Å². The molecule has 1 heterocycles. The van der Waals surface area contributed by atoms with E-state index in [1.165, 1.54) is 0 Å². The van der Waals surface area contributed by atoms with Gasteiger partial charge in [0.2, 0.25) is 5.78 Å². The first kappa shape index (κ1) is 47.7. The zero-order chi connectivity index (χ0) is 44.2. The zero-order valence-electron chi connectivity index (χ0n) is 34.9. The van der Waals surface area contributed by atoms with Crippen molar-refractivity contribution >= 4 is 68.3 Å². The van der Waals surface area contributed by atoms with Gasteiger partial charge in [0.25, 0.3) is 0 Å². The van der Waals surface area contributed by atoms with Crippen LogP contribution in [0.3, 0.4) is 0 Å². The molecule has 64 heavy (non-hydrogen) atoms. The molecule has 0 atom stereocenters. The minimum atomic E-state index is -2.79. The molecule has 9 heteroatoms. The molecule has 0 spiro atoms. The molecular formula is C55H44EuO6P2. The second-order valence-corrected chi connectivity index (χ2v) is 19.8. The third-order valence-corrected chi connectivity index (χ3v) is 16.8. The third-order valence-electron chi connectivity index (χ3n) is 10.5. The van der Waals surface area contributed by atoms with Crippen molar-refractivity contribution in [2.24, 2.45) is 0 Å². The van der Waals surface area contributed by atoms with Gasteiger partial charge in [-0.15, -0.1) is 0 Å². The number of benzene rings is 8. The quantitative estimate of drug-likeness (QED) is 0.0508. The molecule has 0 saturated heterocycles. The van der Waals surface area contributed by atoms with E-state index >= 15 is 0 Å². The Morgan fingerprint density at radius 3 is 1.34 bits per heavy atom. The maximum absolute atomic E-state index is 13.8.